The van der Waals surface area contributed by atoms with Gasteiger partial charge in [0, 0.05) is 12.3 Å². The van der Waals surface area contributed by atoms with Gasteiger partial charge in [0.2, 0.25) is 0 Å². The van der Waals surface area contributed by atoms with E-state index in [0.29, 0.717) is 24.0 Å². The highest BCUT2D eigenvalue weighted by Gasteiger charge is 2.28. The molecule has 0 aromatic heterocycles. The predicted molar refractivity (Wildman–Crippen MR) is 77.4 cm³/mol. The fourth-order valence-electron chi connectivity index (χ4n) is 3.30. The largest absolute Gasteiger partial charge is 0.497 e. The molecule has 0 saturated heterocycles. The summed E-state index contributed by atoms with van der Waals surface area (Å²) in [6, 6.07) is 7.84. The van der Waals surface area contributed by atoms with Crippen LogP contribution in [-0.4, -0.2) is 12.9 Å². The van der Waals surface area contributed by atoms with E-state index in [2.05, 4.69) is 13.8 Å². The van der Waals surface area contributed by atoms with Crippen LogP contribution < -0.4 is 4.74 Å². The van der Waals surface area contributed by atoms with E-state index in [1.54, 1.807) is 7.11 Å². The molecule has 0 heterocycles. The number of hydrogen-bond acceptors (Lipinski definition) is 2. The van der Waals surface area contributed by atoms with Gasteiger partial charge in [-0.25, -0.2) is 0 Å². The topological polar surface area (TPSA) is 26.3 Å². The Morgan fingerprint density at radius 3 is 2.21 bits per heavy atom. The number of carbonyl (C=O) groups is 1. The first-order valence-electron chi connectivity index (χ1n) is 7.24. The molecule has 0 aliphatic heterocycles. The van der Waals surface area contributed by atoms with Crippen LogP contribution in [0.4, 0.5) is 0 Å². The van der Waals surface area contributed by atoms with Gasteiger partial charge in [-0.3, -0.25) is 4.79 Å². The minimum atomic E-state index is 0.265. The lowest BCUT2D eigenvalue weighted by atomic mass is 9.74. The number of hydrogen-bond donors (Lipinski definition) is 0. The minimum absolute atomic E-state index is 0.265. The van der Waals surface area contributed by atoms with Crippen molar-refractivity contribution in [2.75, 3.05) is 7.11 Å². The normalized spacial score (nSPS) is 27.0. The minimum Gasteiger partial charge on any atom is -0.497 e. The average molecular weight is 260 g/mol. The fraction of sp³-hybridized carbons (Fsp3) is 0.588. The second-order valence-corrected chi connectivity index (χ2v) is 6.11. The molecule has 1 saturated carbocycles. The monoisotopic (exact) mass is 260 g/mol. The second-order valence-electron chi connectivity index (χ2n) is 6.11. The lowest BCUT2D eigenvalue weighted by molar-refractivity contribution is -0.124. The SMILES string of the molecule is COc1ccc(CC(=O)C2CC(C)CC(C)C2)cc1. The molecule has 0 spiro atoms. The van der Waals surface area contributed by atoms with Crippen molar-refractivity contribution in [1.29, 1.82) is 0 Å². The van der Waals surface area contributed by atoms with E-state index < -0.39 is 0 Å². The van der Waals surface area contributed by atoms with E-state index in [1.165, 1.54) is 6.42 Å². The maximum Gasteiger partial charge on any atom is 0.140 e. The van der Waals surface area contributed by atoms with Gasteiger partial charge in [0.25, 0.3) is 0 Å². The van der Waals surface area contributed by atoms with Gasteiger partial charge in [-0.2, -0.15) is 0 Å². The van der Waals surface area contributed by atoms with Gasteiger partial charge < -0.3 is 4.74 Å². The molecule has 2 heteroatoms. The summed E-state index contributed by atoms with van der Waals surface area (Å²) in [5.74, 6) is 2.89. The van der Waals surface area contributed by atoms with Gasteiger partial charge in [0.15, 0.2) is 0 Å². The molecule has 0 radical (unpaired) electrons. The second kappa shape index (κ2) is 6.23. The van der Waals surface area contributed by atoms with Gasteiger partial charge in [-0.15, -0.1) is 0 Å². The maximum atomic E-state index is 12.4. The van der Waals surface area contributed by atoms with Crippen molar-refractivity contribution in [3.63, 3.8) is 0 Å². The van der Waals surface area contributed by atoms with Crippen molar-refractivity contribution in [3.05, 3.63) is 29.8 Å². The molecule has 2 atom stereocenters. The highest BCUT2D eigenvalue weighted by atomic mass is 16.5. The zero-order chi connectivity index (χ0) is 13.8. The van der Waals surface area contributed by atoms with Gasteiger partial charge >= 0.3 is 0 Å². The van der Waals surface area contributed by atoms with Crippen molar-refractivity contribution in [2.24, 2.45) is 17.8 Å². The van der Waals surface area contributed by atoms with Crippen molar-refractivity contribution >= 4 is 5.78 Å². The third-order valence-electron chi connectivity index (χ3n) is 4.17. The Bertz CT molecular complexity index is 411. The van der Waals surface area contributed by atoms with E-state index in [4.69, 9.17) is 4.74 Å². The first-order valence-corrected chi connectivity index (χ1v) is 7.24. The number of rotatable bonds is 4. The van der Waals surface area contributed by atoms with E-state index in [0.717, 1.165) is 24.2 Å². The van der Waals surface area contributed by atoms with Gasteiger partial charge in [0.05, 0.1) is 7.11 Å². The van der Waals surface area contributed by atoms with Crippen LogP contribution in [0.25, 0.3) is 0 Å². The smallest absolute Gasteiger partial charge is 0.140 e. The Morgan fingerprint density at radius 1 is 1.11 bits per heavy atom. The highest BCUT2D eigenvalue weighted by Crippen LogP contribution is 2.33. The molecule has 1 aliphatic rings. The summed E-state index contributed by atoms with van der Waals surface area (Å²) in [6.07, 6.45) is 3.97. The molecule has 1 aromatic rings. The molecule has 2 nitrogen and oxygen atoms in total. The number of carbonyl (C=O) groups excluding carboxylic acids is 1. The Morgan fingerprint density at radius 2 is 1.68 bits per heavy atom. The van der Waals surface area contributed by atoms with Crippen LogP contribution >= 0.6 is 0 Å². The quantitative estimate of drug-likeness (QED) is 0.821. The predicted octanol–water partition coefficient (Wildman–Crippen LogP) is 3.88. The standard InChI is InChI=1S/C17H24O2/c1-12-8-13(2)10-15(9-12)17(18)11-14-4-6-16(19-3)7-5-14/h4-7,12-13,15H,8-11H2,1-3H3. The molecule has 1 fully saturated rings. The molecule has 0 bridgehead atoms. The van der Waals surface area contributed by atoms with Crippen LogP contribution in [0.3, 0.4) is 0 Å². The van der Waals surface area contributed by atoms with Crippen molar-refractivity contribution < 1.29 is 9.53 Å². The first-order chi connectivity index (χ1) is 9.08. The number of ketones is 1. The van der Waals surface area contributed by atoms with Gasteiger partial charge in [0.1, 0.15) is 11.5 Å². The molecule has 2 rings (SSSR count). The Kier molecular flexibility index (Phi) is 4.62. The Hall–Kier alpha value is -1.31. The summed E-state index contributed by atoms with van der Waals surface area (Å²) in [5, 5.41) is 0. The first kappa shape index (κ1) is 14.1. The lowest BCUT2D eigenvalue weighted by Crippen LogP contribution is -2.27. The van der Waals surface area contributed by atoms with Crippen LogP contribution in [0.1, 0.15) is 38.7 Å². The number of Topliss-reactive ketones (excluding diaryl/α,β-unsaturated/α-hetero) is 1. The van der Waals surface area contributed by atoms with Crippen molar-refractivity contribution in [1.82, 2.24) is 0 Å². The van der Waals surface area contributed by atoms with Gasteiger partial charge in [-0.05, 0) is 48.8 Å². The Labute approximate surface area is 116 Å². The molecule has 1 aliphatic carbocycles. The molecule has 1 aromatic carbocycles. The molecule has 19 heavy (non-hydrogen) atoms. The summed E-state index contributed by atoms with van der Waals surface area (Å²) in [4.78, 5) is 12.4. The lowest BCUT2D eigenvalue weighted by Gasteiger charge is -2.30. The van der Waals surface area contributed by atoms with Crippen LogP contribution in [0, 0.1) is 17.8 Å². The summed E-state index contributed by atoms with van der Waals surface area (Å²) >= 11 is 0. The van der Waals surface area contributed by atoms with Crippen LogP contribution in [0.2, 0.25) is 0 Å². The van der Waals surface area contributed by atoms with E-state index >= 15 is 0 Å². The van der Waals surface area contributed by atoms with Crippen LogP contribution in [0.15, 0.2) is 24.3 Å². The number of benzene rings is 1. The molecule has 2 unspecified atom stereocenters. The van der Waals surface area contributed by atoms with Crippen LogP contribution in [-0.2, 0) is 11.2 Å². The Balaban J connectivity index is 1.96. The number of ether oxygens (including phenoxy) is 1. The summed E-state index contributed by atoms with van der Waals surface area (Å²) in [7, 11) is 1.66. The highest BCUT2D eigenvalue weighted by molar-refractivity contribution is 5.83. The van der Waals surface area contributed by atoms with Crippen molar-refractivity contribution in [3.8, 4) is 5.75 Å². The third kappa shape index (κ3) is 3.82. The molecule has 0 amide bonds. The average Bonchev–Trinajstić information content (AvgIpc) is 2.38. The zero-order valence-electron chi connectivity index (χ0n) is 12.2. The van der Waals surface area contributed by atoms with E-state index in [-0.39, 0.29) is 5.92 Å². The van der Waals surface area contributed by atoms with E-state index in [1.807, 2.05) is 24.3 Å². The molecular formula is C17H24O2. The fourth-order valence-corrected chi connectivity index (χ4v) is 3.30. The molecule has 0 N–H and O–H groups in total. The molecule has 104 valence electrons. The van der Waals surface area contributed by atoms with Crippen LogP contribution in [0.5, 0.6) is 5.75 Å². The summed E-state index contributed by atoms with van der Waals surface area (Å²) in [5.41, 5.74) is 1.09. The van der Waals surface area contributed by atoms with Crippen molar-refractivity contribution in [2.45, 2.75) is 39.5 Å². The summed E-state index contributed by atoms with van der Waals surface area (Å²) in [6.45, 7) is 4.53. The number of methoxy groups -OCH3 is 1. The third-order valence-corrected chi connectivity index (χ3v) is 4.17. The molecular weight excluding hydrogens is 236 g/mol. The van der Waals surface area contributed by atoms with Gasteiger partial charge in [-0.1, -0.05) is 26.0 Å². The zero-order valence-corrected chi connectivity index (χ0v) is 12.2. The maximum absolute atomic E-state index is 12.4. The van der Waals surface area contributed by atoms with E-state index in [9.17, 15) is 4.79 Å². The summed E-state index contributed by atoms with van der Waals surface area (Å²) < 4.78 is 5.13.